The molecule has 3 aromatic rings. The first-order valence-corrected chi connectivity index (χ1v) is 6.67. The maximum atomic E-state index is 12.1. The van der Waals surface area contributed by atoms with Crippen LogP contribution < -0.4 is 5.32 Å². The van der Waals surface area contributed by atoms with E-state index in [2.05, 4.69) is 15.4 Å². The van der Waals surface area contributed by atoms with Crippen LogP contribution in [0, 0.1) is 6.92 Å². The van der Waals surface area contributed by atoms with E-state index in [4.69, 9.17) is 0 Å². The van der Waals surface area contributed by atoms with Gasteiger partial charge in [0.25, 0.3) is 5.91 Å². The van der Waals surface area contributed by atoms with Gasteiger partial charge in [-0.3, -0.25) is 9.48 Å². The third-order valence-electron chi connectivity index (χ3n) is 2.94. The fraction of sp³-hybridized carbons (Fsp3) is 0.154. The summed E-state index contributed by atoms with van der Waals surface area (Å²) in [5.41, 5.74) is 4.85. The number of hydrogen-bond donors (Lipinski definition) is 1. The van der Waals surface area contributed by atoms with Crippen LogP contribution in [-0.4, -0.2) is 20.7 Å². The molecule has 0 spiro atoms. The van der Waals surface area contributed by atoms with Gasteiger partial charge in [0.05, 0.1) is 15.7 Å². The van der Waals surface area contributed by atoms with Gasteiger partial charge < -0.3 is 5.32 Å². The molecule has 0 aliphatic rings. The molecule has 3 rings (SSSR count). The van der Waals surface area contributed by atoms with Gasteiger partial charge in [0.1, 0.15) is 0 Å². The zero-order valence-corrected chi connectivity index (χ0v) is 11.4. The lowest BCUT2D eigenvalue weighted by atomic mass is 10.3. The Balaban J connectivity index is 1.85. The molecule has 0 bridgehead atoms. The van der Waals surface area contributed by atoms with E-state index in [1.54, 1.807) is 27.6 Å². The second-order valence-electron chi connectivity index (χ2n) is 4.28. The number of thiazole rings is 1. The zero-order valence-electron chi connectivity index (χ0n) is 10.5. The number of fused-ring (bicyclic) bond motifs is 1. The van der Waals surface area contributed by atoms with Crippen molar-refractivity contribution in [1.82, 2.24) is 14.8 Å². The highest BCUT2D eigenvalue weighted by molar-refractivity contribution is 7.16. The standard InChI is InChI=1S/C13H12N4OS/c1-8-5-11(16-17(8)2)13(18)15-9-3-4-10-12(6-9)19-7-14-10/h3-7H,1-2H3,(H,15,18). The summed E-state index contributed by atoms with van der Waals surface area (Å²) < 4.78 is 2.73. The highest BCUT2D eigenvalue weighted by Crippen LogP contribution is 2.22. The molecule has 96 valence electrons. The van der Waals surface area contributed by atoms with E-state index in [1.165, 1.54) is 0 Å². The van der Waals surface area contributed by atoms with Gasteiger partial charge >= 0.3 is 0 Å². The molecule has 0 saturated heterocycles. The second kappa shape index (κ2) is 4.47. The Morgan fingerprint density at radius 3 is 2.95 bits per heavy atom. The minimum Gasteiger partial charge on any atom is -0.321 e. The SMILES string of the molecule is Cc1cc(C(=O)Nc2ccc3ncsc3c2)nn1C. The predicted molar refractivity (Wildman–Crippen MR) is 75.5 cm³/mol. The molecule has 1 N–H and O–H groups in total. The lowest BCUT2D eigenvalue weighted by molar-refractivity contribution is 0.102. The summed E-state index contributed by atoms with van der Waals surface area (Å²) >= 11 is 1.55. The first-order valence-electron chi connectivity index (χ1n) is 5.79. The van der Waals surface area contributed by atoms with Crippen LogP contribution in [0.1, 0.15) is 16.2 Å². The Morgan fingerprint density at radius 2 is 2.21 bits per heavy atom. The number of carbonyl (C=O) groups excluding carboxylic acids is 1. The van der Waals surface area contributed by atoms with Crippen molar-refractivity contribution in [3.8, 4) is 0 Å². The van der Waals surface area contributed by atoms with Crippen LogP contribution in [0.3, 0.4) is 0 Å². The summed E-state index contributed by atoms with van der Waals surface area (Å²) in [6.45, 7) is 1.91. The van der Waals surface area contributed by atoms with Crippen molar-refractivity contribution in [2.75, 3.05) is 5.32 Å². The number of nitrogens with one attached hydrogen (secondary N) is 1. The molecule has 0 fully saturated rings. The van der Waals surface area contributed by atoms with E-state index < -0.39 is 0 Å². The average Bonchev–Trinajstić information content (AvgIpc) is 2.96. The summed E-state index contributed by atoms with van der Waals surface area (Å²) in [6, 6.07) is 7.42. The number of nitrogens with zero attached hydrogens (tertiary/aromatic N) is 3. The van der Waals surface area contributed by atoms with Crippen LogP contribution in [-0.2, 0) is 7.05 Å². The molecule has 0 atom stereocenters. The van der Waals surface area contributed by atoms with Crippen molar-refractivity contribution in [3.63, 3.8) is 0 Å². The molecule has 0 unspecified atom stereocenters. The highest BCUT2D eigenvalue weighted by Gasteiger charge is 2.11. The fourth-order valence-electron chi connectivity index (χ4n) is 1.80. The molecule has 2 heterocycles. The molecule has 19 heavy (non-hydrogen) atoms. The van der Waals surface area contributed by atoms with Gasteiger partial charge in [-0.2, -0.15) is 5.10 Å². The minimum absolute atomic E-state index is 0.201. The first kappa shape index (κ1) is 11.9. The van der Waals surface area contributed by atoms with Gasteiger partial charge in [-0.25, -0.2) is 4.98 Å². The maximum absolute atomic E-state index is 12.1. The van der Waals surface area contributed by atoms with E-state index in [9.17, 15) is 4.79 Å². The molecule has 2 aromatic heterocycles. The summed E-state index contributed by atoms with van der Waals surface area (Å²) in [7, 11) is 1.81. The third kappa shape index (κ3) is 2.22. The summed E-state index contributed by atoms with van der Waals surface area (Å²) in [6.07, 6.45) is 0. The van der Waals surface area contributed by atoms with Gasteiger partial charge in [-0.15, -0.1) is 11.3 Å². The van der Waals surface area contributed by atoms with E-state index in [-0.39, 0.29) is 5.91 Å². The van der Waals surface area contributed by atoms with Gasteiger partial charge in [0.2, 0.25) is 0 Å². The van der Waals surface area contributed by atoms with E-state index in [1.807, 2.05) is 32.2 Å². The van der Waals surface area contributed by atoms with Crippen molar-refractivity contribution < 1.29 is 4.79 Å². The first-order chi connectivity index (χ1) is 9.13. The van der Waals surface area contributed by atoms with Crippen molar-refractivity contribution in [1.29, 1.82) is 0 Å². The summed E-state index contributed by atoms with van der Waals surface area (Å²) in [5, 5.41) is 7.00. The van der Waals surface area contributed by atoms with Gasteiger partial charge in [-0.05, 0) is 31.2 Å². The minimum atomic E-state index is -0.201. The van der Waals surface area contributed by atoms with E-state index in [0.717, 1.165) is 21.6 Å². The molecule has 0 saturated carbocycles. The lowest BCUT2D eigenvalue weighted by Crippen LogP contribution is -2.12. The molecule has 1 amide bonds. The number of benzene rings is 1. The van der Waals surface area contributed by atoms with Crippen LogP contribution in [0.15, 0.2) is 29.8 Å². The highest BCUT2D eigenvalue weighted by atomic mass is 32.1. The predicted octanol–water partition coefficient (Wildman–Crippen LogP) is 2.59. The van der Waals surface area contributed by atoms with Crippen molar-refractivity contribution >= 4 is 33.1 Å². The molecule has 0 aliphatic carbocycles. The summed E-state index contributed by atoms with van der Waals surface area (Å²) in [4.78, 5) is 16.3. The number of hydrogen-bond acceptors (Lipinski definition) is 4. The molecule has 5 nitrogen and oxygen atoms in total. The van der Waals surface area contributed by atoms with Crippen molar-refractivity contribution in [2.45, 2.75) is 6.92 Å². The molecule has 0 aliphatic heterocycles. The number of aromatic nitrogens is 3. The smallest absolute Gasteiger partial charge is 0.276 e. The van der Waals surface area contributed by atoms with Crippen LogP contribution >= 0.6 is 11.3 Å². The average molecular weight is 272 g/mol. The summed E-state index contributed by atoms with van der Waals surface area (Å²) in [5.74, 6) is -0.201. The Kier molecular flexibility index (Phi) is 2.79. The molecule has 1 aromatic carbocycles. The number of rotatable bonds is 2. The Labute approximate surface area is 113 Å². The normalized spacial score (nSPS) is 10.8. The quantitative estimate of drug-likeness (QED) is 0.780. The monoisotopic (exact) mass is 272 g/mol. The zero-order chi connectivity index (χ0) is 13.4. The van der Waals surface area contributed by atoms with Crippen LogP contribution in [0.4, 0.5) is 5.69 Å². The van der Waals surface area contributed by atoms with Crippen LogP contribution in [0.2, 0.25) is 0 Å². The Morgan fingerprint density at radius 1 is 1.37 bits per heavy atom. The largest absolute Gasteiger partial charge is 0.321 e. The maximum Gasteiger partial charge on any atom is 0.276 e. The Hall–Kier alpha value is -2.21. The fourth-order valence-corrected chi connectivity index (χ4v) is 2.52. The topological polar surface area (TPSA) is 59.8 Å². The van der Waals surface area contributed by atoms with Crippen LogP contribution in [0.5, 0.6) is 0 Å². The number of anilines is 1. The van der Waals surface area contributed by atoms with Crippen molar-refractivity contribution in [2.24, 2.45) is 7.05 Å². The lowest BCUT2D eigenvalue weighted by Gasteiger charge is -2.02. The molecule has 0 radical (unpaired) electrons. The van der Waals surface area contributed by atoms with E-state index >= 15 is 0 Å². The molecular weight excluding hydrogens is 260 g/mol. The van der Waals surface area contributed by atoms with Crippen LogP contribution in [0.25, 0.3) is 10.2 Å². The van der Waals surface area contributed by atoms with Gasteiger partial charge in [0.15, 0.2) is 5.69 Å². The van der Waals surface area contributed by atoms with E-state index in [0.29, 0.717) is 5.69 Å². The third-order valence-corrected chi connectivity index (χ3v) is 3.73. The van der Waals surface area contributed by atoms with Gasteiger partial charge in [0, 0.05) is 18.4 Å². The van der Waals surface area contributed by atoms with Gasteiger partial charge in [-0.1, -0.05) is 0 Å². The Bertz CT molecular complexity index is 739. The number of amides is 1. The number of carbonyl (C=O) groups is 1. The number of aryl methyl sites for hydroxylation is 2. The molecule has 6 heteroatoms. The second-order valence-corrected chi connectivity index (χ2v) is 5.17. The molecular formula is C13H12N4OS. The van der Waals surface area contributed by atoms with Crippen molar-refractivity contribution in [3.05, 3.63) is 41.2 Å².